The van der Waals surface area contributed by atoms with E-state index in [1.807, 2.05) is 0 Å². The van der Waals surface area contributed by atoms with Crippen molar-refractivity contribution >= 4 is 23.8 Å². The van der Waals surface area contributed by atoms with Crippen molar-refractivity contribution in [2.24, 2.45) is 0 Å². The van der Waals surface area contributed by atoms with Crippen molar-refractivity contribution in [2.75, 3.05) is 14.1 Å². The Morgan fingerprint density at radius 1 is 0.694 bits per heavy atom. The van der Waals surface area contributed by atoms with Crippen LogP contribution >= 0.6 is 0 Å². The first-order valence-electron chi connectivity index (χ1n) is 11.4. The Hall–Kier alpha value is -4.40. The van der Waals surface area contributed by atoms with E-state index in [1.165, 1.54) is 14.1 Å². The Labute approximate surface area is 209 Å². The van der Waals surface area contributed by atoms with Crippen molar-refractivity contribution in [3.05, 3.63) is 94.3 Å². The average molecular weight is 492 g/mol. The van der Waals surface area contributed by atoms with E-state index in [9.17, 15) is 19.2 Å². The topological polar surface area (TPSA) is 123 Å². The van der Waals surface area contributed by atoms with Crippen LogP contribution in [0.5, 0.6) is 0 Å². The van der Waals surface area contributed by atoms with Gasteiger partial charge in [0, 0.05) is 43.0 Å². The van der Waals surface area contributed by atoms with Gasteiger partial charge < -0.3 is 25.4 Å². The van der Waals surface area contributed by atoms with Crippen LogP contribution in [0.25, 0.3) is 0 Å². The van der Waals surface area contributed by atoms with Crippen molar-refractivity contribution in [3.8, 4) is 0 Å². The largest absolute Gasteiger partial charge is 0.444 e. The Morgan fingerprint density at radius 2 is 1.06 bits per heavy atom. The van der Waals surface area contributed by atoms with Crippen molar-refractivity contribution in [1.29, 1.82) is 0 Å². The molecule has 0 saturated carbocycles. The normalized spacial score (nSPS) is 14.8. The van der Waals surface area contributed by atoms with E-state index in [0.29, 0.717) is 22.5 Å². The van der Waals surface area contributed by atoms with Crippen molar-refractivity contribution in [3.63, 3.8) is 0 Å². The highest BCUT2D eigenvalue weighted by atomic mass is 16.6. The maximum Gasteiger partial charge on any atom is 0.337 e. The SMILES string of the molecule is CNC(=O)[C@@H](OC(=O)C1=C(C)NC(C)=C(C(=O)O[C@H](C(=O)NC)c2ccccc2)C1)c1ccccc1. The molecule has 0 saturated heterocycles. The van der Waals surface area contributed by atoms with Crippen LogP contribution < -0.4 is 16.0 Å². The molecule has 1 heterocycles. The van der Waals surface area contributed by atoms with Crippen LogP contribution in [-0.2, 0) is 28.7 Å². The second-order valence-electron chi connectivity index (χ2n) is 8.13. The summed E-state index contributed by atoms with van der Waals surface area (Å²) in [6.07, 6.45) is -2.42. The quantitative estimate of drug-likeness (QED) is 0.485. The highest BCUT2D eigenvalue weighted by molar-refractivity contribution is 5.98. The summed E-state index contributed by atoms with van der Waals surface area (Å²) in [4.78, 5) is 51.2. The molecular weight excluding hydrogens is 462 g/mol. The number of hydrogen-bond donors (Lipinski definition) is 3. The molecular formula is C27H29N3O6. The summed E-state index contributed by atoms with van der Waals surface area (Å²) in [5.74, 6) is -2.47. The summed E-state index contributed by atoms with van der Waals surface area (Å²) in [5, 5.41) is 8.01. The van der Waals surface area contributed by atoms with Crippen LogP contribution in [0, 0.1) is 0 Å². The number of hydrogen-bond acceptors (Lipinski definition) is 7. The molecule has 36 heavy (non-hydrogen) atoms. The molecule has 9 heteroatoms. The van der Waals surface area contributed by atoms with Crippen molar-refractivity contribution < 1.29 is 28.7 Å². The van der Waals surface area contributed by atoms with Crippen LogP contribution in [0.2, 0.25) is 0 Å². The number of likely N-dealkylation sites (N-methyl/N-ethyl adjacent to an activating group) is 2. The summed E-state index contributed by atoms with van der Waals surface area (Å²) in [7, 11) is 2.91. The van der Waals surface area contributed by atoms with Crippen LogP contribution in [-0.4, -0.2) is 37.8 Å². The van der Waals surface area contributed by atoms with Crippen molar-refractivity contribution in [1.82, 2.24) is 16.0 Å². The molecule has 3 rings (SSSR count). The van der Waals surface area contributed by atoms with Gasteiger partial charge in [-0.2, -0.15) is 0 Å². The number of allylic oxidation sites excluding steroid dienone is 2. The predicted molar refractivity (Wildman–Crippen MR) is 132 cm³/mol. The third-order valence-corrected chi connectivity index (χ3v) is 5.75. The third-order valence-electron chi connectivity index (χ3n) is 5.75. The molecule has 0 fully saturated rings. The Morgan fingerprint density at radius 3 is 1.39 bits per heavy atom. The van der Waals surface area contributed by atoms with Gasteiger partial charge in [0.15, 0.2) is 0 Å². The maximum absolute atomic E-state index is 13.1. The van der Waals surface area contributed by atoms with Gasteiger partial charge in [0.1, 0.15) is 0 Å². The van der Waals surface area contributed by atoms with Crippen LogP contribution in [0.3, 0.4) is 0 Å². The van der Waals surface area contributed by atoms with E-state index in [2.05, 4.69) is 16.0 Å². The van der Waals surface area contributed by atoms with Gasteiger partial charge in [-0.1, -0.05) is 60.7 Å². The van der Waals surface area contributed by atoms with Gasteiger partial charge in [0.05, 0.1) is 11.1 Å². The summed E-state index contributed by atoms with van der Waals surface area (Å²) in [6, 6.07) is 17.3. The number of nitrogens with one attached hydrogen (secondary N) is 3. The highest BCUT2D eigenvalue weighted by Crippen LogP contribution is 2.29. The van der Waals surface area contributed by atoms with Gasteiger partial charge in [-0.15, -0.1) is 0 Å². The molecule has 2 aromatic rings. The molecule has 1 aliphatic rings. The molecule has 1 aliphatic heterocycles. The average Bonchev–Trinajstić information content (AvgIpc) is 2.90. The maximum atomic E-state index is 13.1. The minimum Gasteiger partial charge on any atom is -0.444 e. The first kappa shape index (κ1) is 26.2. The second kappa shape index (κ2) is 11.8. The molecule has 0 spiro atoms. The molecule has 188 valence electrons. The minimum absolute atomic E-state index is 0.0904. The number of dihydropyridines is 1. The minimum atomic E-state index is -1.16. The summed E-state index contributed by atoms with van der Waals surface area (Å²) in [6.45, 7) is 3.36. The molecule has 2 amide bonds. The van der Waals surface area contributed by atoms with Gasteiger partial charge in [0.2, 0.25) is 12.2 Å². The molecule has 0 unspecified atom stereocenters. The number of amides is 2. The molecule has 2 aromatic carbocycles. The van der Waals surface area contributed by atoms with Gasteiger partial charge in [0.25, 0.3) is 11.8 Å². The zero-order valence-electron chi connectivity index (χ0n) is 20.6. The molecule has 9 nitrogen and oxygen atoms in total. The molecule has 2 atom stereocenters. The van der Waals surface area contributed by atoms with E-state index in [0.717, 1.165) is 0 Å². The summed E-state index contributed by atoms with van der Waals surface area (Å²) < 4.78 is 11.2. The third kappa shape index (κ3) is 5.99. The monoisotopic (exact) mass is 491 g/mol. The first-order chi connectivity index (χ1) is 17.3. The molecule has 0 bridgehead atoms. The smallest absolute Gasteiger partial charge is 0.337 e. The second-order valence-corrected chi connectivity index (χ2v) is 8.13. The number of carbonyl (C=O) groups is 4. The van der Waals surface area contributed by atoms with Crippen LogP contribution in [0.15, 0.2) is 83.2 Å². The predicted octanol–water partition coefficient (Wildman–Crippen LogP) is 2.59. The number of esters is 2. The fourth-order valence-corrected chi connectivity index (χ4v) is 3.74. The lowest BCUT2D eigenvalue weighted by Gasteiger charge is -2.25. The first-order valence-corrected chi connectivity index (χ1v) is 11.4. The zero-order valence-corrected chi connectivity index (χ0v) is 20.6. The van der Waals surface area contributed by atoms with Gasteiger partial charge in [-0.05, 0) is 13.8 Å². The molecule has 0 aliphatic carbocycles. The number of ether oxygens (including phenoxy) is 2. The van der Waals surface area contributed by atoms with E-state index in [4.69, 9.17) is 9.47 Å². The fourth-order valence-electron chi connectivity index (χ4n) is 3.74. The Bertz CT molecular complexity index is 1110. The van der Waals surface area contributed by atoms with E-state index < -0.39 is 36.0 Å². The Kier molecular flexibility index (Phi) is 8.61. The lowest BCUT2D eigenvalue weighted by molar-refractivity contribution is -0.153. The molecule has 0 aromatic heterocycles. The van der Waals surface area contributed by atoms with Gasteiger partial charge in [-0.25, -0.2) is 9.59 Å². The molecule has 0 radical (unpaired) electrons. The van der Waals surface area contributed by atoms with Gasteiger partial charge >= 0.3 is 11.9 Å². The van der Waals surface area contributed by atoms with E-state index in [1.54, 1.807) is 74.5 Å². The molecule has 3 N–H and O–H groups in total. The lowest BCUT2D eigenvalue weighted by atomic mass is 9.97. The standard InChI is InChI=1S/C27H29N3O6/c1-16-20(26(33)35-22(24(31)28-3)18-11-7-5-8-12-18)15-21(17(2)30-16)27(34)36-23(25(32)29-4)19-13-9-6-10-14-19/h5-14,22-23,30H,15H2,1-4H3,(H,28,31)(H,29,32)/t22-,23-/m0/s1. The number of carbonyl (C=O) groups excluding carboxylic acids is 4. The zero-order chi connectivity index (χ0) is 26.2. The highest BCUT2D eigenvalue weighted by Gasteiger charge is 2.33. The van der Waals surface area contributed by atoms with Crippen LogP contribution in [0.4, 0.5) is 0 Å². The van der Waals surface area contributed by atoms with E-state index in [-0.39, 0.29) is 17.6 Å². The lowest BCUT2D eigenvalue weighted by Crippen LogP contribution is -2.33. The van der Waals surface area contributed by atoms with Gasteiger partial charge in [-0.3, -0.25) is 9.59 Å². The van der Waals surface area contributed by atoms with E-state index >= 15 is 0 Å². The number of benzene rings is 2. The summed E-state index contributed by atoms with van der Waals surface area (Å²) in [5.41, 5.74) is 2.35. The summed E-state index contributed by atoms with van der Waals surface area (Å²) >= 11 is 0. The van der Waals surface area contributed by atoms with Crippen molar-refractivity contribution in [2.45, 2.75) is 32.5 Å². The van der Waals surface area contributed by atoms with Crippen LogP contribution in [0.1, 0.15) is 43.6 Å². The number of rotatable bonds is 8. The Balaban J connectivity index is 1.81. The fraction of sp³-hybridized carbons (Fsp3) is 0.259.